The van der Waals surface area contributed by atoms with E-state index in [1.165, 1.54) is 12.1 Å². The number of hydrogen-bond donors (Lipinski definition) is 0. The van der Waals surface area contributed by atoms with E-state index < -0.39 is 0 Å². The Bertz CT molecular complexity index is 948. The Labute approximate surface area is 151 Å². The van der Waals surface area contributed by atoms with E-state index in [0.717, 1.165) is 29.0 Å². The van der Waals surface area contributed by atoms with Crippen LogP contribution in [0.3, 0.4) is 0 Å². The molecule has 0 atom stereocenters. The van der Waals surface area contributed by atoms with Crippen LogP contribution < -0.4 is 4.90 Å². The molecule has 0 unspecified atom stereocenters. The predicted octanol–water partition coefficient (Wildman–Crippen LogP) is 3.06. The molecular formula is C21H18N2O3. The molecule has 0 aliphatic carbocycles. The number of carbonyl (C=O) groups excluding carboxylic acids is 3. The zero-order valence-electron chi connectivity index (χ0n) is 14.3. The third-order valence-electron chi connectivity index (χ3n) is 4.88. The number of para-hydroxylation sites is 1. The van der Waals surface area contributed by atoms with Gasteiger partial charge in [0.2, 0.25) is 0 Å². The summed E-state index contributed by atoms with van der Waals surface area (Å²) in [4.78, 5) is 40.7. The second kappa shape index (κ2) is 6.26. The van der Waals surface area contributed by atoms with Crippen molar-refractivity contribution in [1.29, 1.82) is 0 Å². The minimum atomic E-state index is -0.376. The Morgan fingerprint density at radius 3 is 2.65 bits per heavy atom. The SMILES string of the molecule is C=CCN1C(=O)c2ccc(C(=O)N3CCCc4ccccc43)cc2C1=O. The van der Waals surface area contributed by atoms with Gasteiger partial charge in [0.05, 0.1) is 11.1 Å². The third kappa shape index (κ3) is 2.44. The summed E-state index contributed by atoms with van der Waals surface area (Å²) < 4.78 is 0. The van der Waals surface area contributed by atoms with Gasteiger partial charge >= 0.3 is 0 Å². The van der Waals surface area contributed by atoms with Crippen molar-refractivity contribution in [2.75, 3.05) is 18.0 Å². The maximum Gasteiger partial charge on any atom is 0.261 e. The van der Waals surface area contributed by atoms with Crippen molar-refractivity contribution in [3.05, 3.63) is 77.4 Å². The molecule has 3 amide bonds. The van der Waals surface area contributed by atoms with E-state index in [2.05, 4.69) is 6.58 Å². The Morgan fingerprint density at radius 2 is 1.85 bits per heavy atom. The fourth-order valence-corrected chi connectivity index (χ4v) is 3.62. The van der Waals surface area contributed by atoms with Crippen LogP contribution in [0.15, 0.2) is 55.1 Å². The summed E-state index contributed by atoms with van der Waals surface area (Å²) in [5.41, 5.74) is 3.11. The van der Waals surface area contributed by atoms with Crippen LogP contribution in [0.1, 0.15) is 43.1 Å². The molecule has 4 rings (SSSR count). The van der Waals surface area contributed by atoms with Crippen molar-refractivity contribution in [3.8, 4) is 0 Å². The monoisotopic (exact) mass is 346 g/mol. The lowest BCUT2D eigenvalue weighted by molar-refractivity contribution is 0.0672. The van der Waals surface area contributed by atoms with Crippen molar-refractivity contribution in [1.82, 2.24) is 4.90 Å². The zero-order valence-corrected chi connectivity index (χ0v) is 14.3. The summed E-state index contributed by atoms with van der Waals surface area (Å²) >= 11 is 0. The molecule has 0 spiro atoms. The highest BCUT2D eigenvalue weighted by Crippen LogP contribution is 2.29. The van der Waals surface area contributed by atoms with Crippen LogP contribution in [0.4, 0.5) is 5.69 Å². The number of fused-ring (bicyclic) bond motifs is 2. The highest BCUT2D eigenvalue weighted by Gasteiger charge is 2.35. The Hall–Kier alpha value is -3.21. The van der Waals surface area contributed by atoms with Gasteiger partial charge in [0.1, 0.15) is 0 Å². The number of nitrogens with zero attached hydrogens (tertiary/aromatic N) is 2. The minimum Gasteiger partial charge on any atom is -0.308 e. The Kier molecular flexibility index (Phi) is 3.92. The van der Waals surface area contributed by atoms with Gasteiger partial charge in [-0.05, 0) is 42.7 Å². The largest absolute Gasteiger partial charge is 0.308 e. The topological polar surface area (TPSA) is 57.7 Å². The van der Waals surface area contributed by atoms with Gasteiger partial charge in [0.15, 0.2) is 0 Å². The van der Waals surface area contributed by atoms with E-state index in [9.17, 15) is 14.4 Å². The van der Waals surface area contributed by atoms with Crippen molar-refractivity contribution in [2.45, 2.75) is 12.8 Å². The number of carbonyl (C=O) groups is 3. The molecule has 5 nitrogen and oxygen atoms in total. The summed E-state index contributed by atoms with van der Waals surface area (Å²) in [7, 11) is 0. The third-order valence-corrected chi connectivity index (χ3v) is 4.88. The summed E-state index contributed by atoms with van der Waals surface area (Å²) in [6.07, 6.45) is 3.37. The second-order valence-electron chi connectivity index (χ2n) is 6.46. The lowest BCUT2D eigenvalue weighted by Gasteiger charge is -2.29. The summed E-state index contributed by atoms with van der Waals surface area (Å²) in [5.74, 6) is -0.867. The van der Waals surface area contributed by atoms with Gasteiger partial charge in [-0.1, -0.05) is 24.3 Å². The number of imide groups is 1. The molecule has 0 fully saturated rings. The van der Waals surface area contributed by atoms with E-state index >= 15 is 0 Å². The number of anilines is 1. The summed E-state index contributed by atoms with van der Waals surface area (Å²) in [6.45, 7) is 4.38. The molecule has 130 valence electrons. The maximum atomic E-state index is 13.1. The van der Waals surface area contributed by atoms with Gasteiger partial charge in [-0.3, -0.25) is 19.3 Å². The Balaban J connectivity index is 1.69. The number of aryl methyl sites for hydroxylation is 1. The number of hydrogen-bond acceptors (Lipinski definition) is 3. The number of amides is 3. The van der Waals surface area contributed by atoms with Crippen molar-refractivity contribution >= 4 is 23.4 Å². The number of rotatable bonds is 3. The molecule has 2 aliphatic rings. The lowest BCUT2D eigenvalue weighted by Crippen LogP contribution is -2.35. The fraction of sp³-hybridized carbons (Fsp3) is 0.190. The number of benzene rings is 2. The molecule has 0 radical (unpaired) electrons. The fourth-order valence-electron chi connectivity index (χ4n) is 3.62. The van der Waals surface area contributed by atoms with E-state index in [1.54, 1.807) is 17.0 Å². The van der Waals surface area contributed by atoms with E-state index in [0.29, 0.717) is 17.7 Å². The second-order valence-corrected chi connectivity index (χ2v) is 6.46. The van der Waals surface area contributed by atoms with Gasteiger partial charge in [0, 0.05) is 24.3 Å². The van der Waals surface area contributed by atoms with Crippen molar-refractivity contribution in [3.63, 3.8) is 0 Å². The Morgan fingerprint density at radius 1 is 1.08 bits per heavy atom. The molecule has 0 saturated carbocycles. The molecule has 26 heavy (non-hydrogen) atoms. The quantitative estimate of drug-likeness (QED) is 0.634. The molecule has 2 aromatic rings. The molecule has 0 aromatic heterocycles. The van der Waals surface area contributed by atoms with E-state index in [-0.39, 0.29) is 29.8 Å². The van der Waals surface area contributed by atoms with E-state index in [1.807, 2.05) is 24.3 Å². The van der Waals surface area contributed by atoms with Crippen molar-refractivity contribution in [2.24, 2.45) is 0 Å². The maximum absolute atomic E-state index is 13.1. The van der Waals surface area contributed by atoms with Gasteiger partial charge in [-0.25, -0.2) is 0 Å². The first-order valence-corrected chi connectivity index (χ1v) is 8.62. The van der Waals surface area contributed by atoms with Crippen LogP contribution >= 0.6 is 0 Å². The average Bonchev–Trinajstić information content (AvgIpc) is 2.92. The first-order valence-electron chi connectivity index (χ1n) is 8.62. The first kappa shape index (κ1) is 16.3. The zero-order chi connectivity index (χ0) is 18.3. The van der Waals surface area contributed by atoms with Crippen LogP contribution in [0, 0.1) is 0 Å². The molecular weight excluding hydrogens is 328 g/mol. The lowest BCUT2D eigenvalue weighted by atomic mass is 9.99. The van der Waals surface area contributed by atoms with E-state index in [4.69, 9.17) is 0 Å². The minimum absolute atomic E-state index is 0.151. The van der Waals surface area contributed by atoms with Crippen LogP contribution in [0.2, 0.25) is 0 Å². The summed E-state index contributed by atoms with van der Waals surface area (Å²) in [6, 6.07) is 12.6. The smallest absolute Gasteiger partial charge is 0.261 e. The first-order chi connectivity index (χ1) is 12.6. The van der Waals surface area contributed by atoms with Crippen LogP contribution in [-0.4, -0.2) is 35.7 Å². The standard InChI is InChI=1S/C21H18N2O3/c1-2-11-23-20(25)16-10-9-15(13-17(16)21(23)26)19(24)22-12-5-7-14-6-3-4-8-18(14)22/h2-4,6,8-10,13H,1,5,7,11-12H2. The average molecular weight is 346 g/mol. The van der Waals surface area contributed by atoms with Gasteiger partial charge in [-0.15, -0.1) is 6.58 Å². The van der Waals surface area contributed by atoms with Crippen LogP contribution in [0.25, 0.3) is 0 Å². The molecule has 2 aromatic carbocycles. The normalized spacial score (nSPS) is 15.7. The predicted molar refractivity (Wildman–Crippen MR) is 98.4 cm³/mol. The molecule has 0 saturated heterocycles. The van der Waals surface area contributed by atoms with Gasteiger partial charge < -0.3 is 4.90 Å². The highest BCUT2D eigenvalue weighted by atomic mass is 16.2. The van der Waals surface area contributed by atoms with Gasteiger partial charge in [-0.2, -0.15) is 0 Å². The molecule has 0 bridgehead atoms. The van der Waals surface area contributed by atoms with Crippen LogP contribution in [-0.2, 0) is 6.42 Å². The molecule has 5 heteroatoms. The van der Waals surface area contributed by atoms with Gasteiger partial charge in [0.25, 0.3) is 17.7 Å². The molecule has 0 N–H and O–H groups in total. The van der Waals surface area contributed by atoms with Crippen molar-refractivity contribution < 1.29 is 14.4 Å². The summed E-state index contributed by atoms with van der Waals surface area (Å²) in [5, 5.41) is 0. The molecule has 2 aliphatic heterocycles. The molecule has 2 heterocycles. The highest BCUT2D eigenvalue weighted by molar-refractivity contribution is 6.22. The van der Waals surface area contributed by atoms with Crippen LogP contribution in [0.5, 0.6) is 0 Å².